The summed E-state index contributed by atoms with van der Waals surface area (Å²) in [5.41, 5.74) is 2.36. The van der Waals surface area contributed by atoms with Crippen molar-refractivity contribution in [3.8, 4) is 0 Å². The number of rotatable bonds is 8. The normalized spacial score (nSPS) is 9.28. The summed E-state index contributed by atoms with van der Waals surface area (Å²) in [6, 6.07) is 19.7. The van der Waals surface area contributed by atoms with Crippen LogP contribution in [0.25, 0.3) is 0 Å². The molecule has 0 unspecified atom stereocenters. The maximum Gasteiger partial charge on any atom is 2.00 e. The van der Waals surface area contributed by atoms with Crippen LogP contribution in [-0.2, 0) is 22.4 Å². The first-order chi connectivity index (χ1) is 11.6. The molecule has 0 aliphatic rings. The SMILES string of the molecule is O=C([O-])CCCc1ccccc1.O=C([O-])CCCc1ccccc1.[Ca+2]. The van der Waals surface area contributed by atoms with Gasteiger partial charge in [-0.2, -0.15) is 0 Å². The summed E-state index contributed by atoms with van der Waals surface area (Å²) in [6.07, 6.45) is 3.24. The minimum atomic E-state index is -0.967. The smallest absolute Gasteiger partial charge is 0.550 e. The first-order valence-corrected chi connectivity index (χ1v) is 8.05. The predicted octanol–water partition coefficient (Wildman–Crippen LogP) is 1.14. The third-order valence-electron chi connectivity index (χ3n) is 3.38. The zero-order valence-electron chi connectivity index (χ0n) is 14.4. The summed E-state index contributed by atoms with van der Waals surface area (Å²) in [7, 11) is 0. The molecule has 25 heavy (non-hydrogen) atoms. The van der Waals surface area contributed by atoms with Gasteiger partial charge >= 0.3 is 37.7 Å². The molecule has 0 aliphatic carbocycles. The maximum absolute atomic E-state index is 10.1. The Labute approximate surface area is 178 Å². The van der Waals surface area contributed by atoms with Crippen molar-refractivity contribution in [2.45, 2.75) is 38.5 Å². The number of aliphatic carboxylic acids is 2. The Bertz CT molecular complexity index is 544. The molecule has 0 amide bonds. The van der Waals surface area contributed by atoms with Gasteiger partial charge in [0.1, 0.15) is 0 Å². The van der Waals surface area contributed by atoms with Crippen LogP contribution in [0, 0.1) is 0 Å². The standard InChI is InChI=1S/2C10H12O2.Ca/c2*11-10(12)8-4-7-9-5-2-1-3-6-9;/h2*1-3,5-6H,4,7-8H2,(H,11,12);/q;;+2/p-2. The van der Waals surface area contributed by atoms with Gasteiger partial charge < -0.3 is 19.8 Å². The number of aryl methyl sites for hydroxylation is 2. The second-order valence-electron chi connectivity index (χ2n) is 5.42. The third kappa shape index (κ3) is 13.6. The second kappa shape index (κ2) is 14.9. The maximum atomic E-state index is 10.1. The number of hydrogen-bond acceptors (Lipinski definition) is 4. The van der Waals surface area contributed by atoms with Crippen molar-refractivity contribution < 1.29 is 19.8 Å². The Morgan fingerprint density at radius 1 is 0.640 bits per heavy atom. The molecule has 0 aromatic heterocycles. The van der Waals surface area contributed by atoms with Gasteiger partial charge in [0.15, 0.2) is 0 Å². The Kier molecular flexibility index (Phi) is 14.1. The molecule has 0 atom stereocenters. The largest absolute Gasteiger partial charge is 2.00 e. The Morgan fingerprint density at radius 2 is 0.960 bits per heavy atom. The minimum Gasteiger partial charge on any atom is -0.550 e. The molecule has 0 saturated carbocycles. The van der Waals surface area contributed by atoms with Crippen LogP contribution in [0.4, 0.5) is 0 Å². The summed E-state index contributed by atoms with van der Waals surface area (Å²) < 4.78 is 0. The number of benzene rings is 2. The molecule has 2 aromatic carbocycles. The van der Waals surface area contributed by atoms with Gasteiger partial charge in [0.05, 0.1) is 0 Å². The van der Waals surface area contributed by atoms with Gasteiger partial charge in [-0.1, -0.05) is 60.7 Å². The molecule has 0 radical (unpaired) electrons. The molecule has 0 bridgehead atoms. The van der Waals surface area contributed by atoms with Gasteiger partial charge in [-0.15, -0.1) is 0 Å². The second-order valence-corrected chi connectivity index (χ2v) is 5.42. The van der Waals surface area contributed by atoms with Gasteiger partial charge in [-0.05, 0) is 49.7 Å². The fourth-order valence-corrected chi connectivity index (χ4v) is 2.16. The van der Waals surface area contributed by atoms with Crippen molar-refractivity contribution in [1.29, 1.82) is 0 Å². The molecule has 0 aliphatic heterocycles. The molecule has 2 rings (SSSR count). The van der Waals surface area contributed by atoms with Crippen LogP contribution in [0.5, 0.6) is 0 Å². The van der Waals surface area contributed by atoms with Crippen LogP contribution in [0.2, 0.25) is 0 Å². The van der Waals surface area contributed by atoms with Crippen molar-refractivity contribution in [3.63, 3.8) is 0 Å². The summed E-state index contributed by atoms with van der Waals surface area (Å²) in [5.74, 6) is -1.93. The van der Waals surface area contributed by atoms with E-state index in [1.807, 2.05) is 60.7 Å². The summed E-state index contributed by atoms with van der Waals surface area (Å²) in [4.78, 5) is 20.2. The molecular weight excluding hydrogens is 344 g/mol. The van der Waals surface area contributed by atoms with Crippen LogP contribution >= 0.6 is 0 Å². The zero-order valence-corrected chi connectivity index (χ0v) is 16.6. The van der Waals surface area contributed by atoms with E-state index in [0.29, 0.717) is 12.8 Å². The topological polar surface area (TPSA) is 80.3 Å². The van der Waals surface area contributed by atoms with E-state index in [0.717, 1.165) is 12.8 Å². The summed E-state index contributed by atoms with van der Waals surface area (Å²) in [5, 5.41) is 20.2. The fourth-order valence-electron chi connectivity index (χ4n) is 2.16. The average molecular weight is 366 g/mol. The van der Waals surface area contributed by atoms with Crippen LogP contribution in [-0.4, -0.2) is 49.7 Å². The Balaban J connectivity index is 0.000000443. The first kappa shape index (κ1) is 23.6. The van der Waals surface area contributed by atoms with Crippen LogP contribution < -0.4 is 10.2 Å². The summed E-state index contributed by atoms with van der Waals surface area (Å²) in [6.45, 7) is 0. The molecule has 2 aromatic rings. The van der Waals surface area contributed by atoms with Crippen molar-refractivity contribution >= 4 is 49.7 Å². The van der Waals surface area contributed by atoms with Gasteiger partial charge in [0.2, 0.25) is 0 Å². The van der Waals surface area contributed by atoms with E-state index < -0.39 is 11.9 Å². The van der Waals surface area contributed by atoms with Crippen molar-refractivity contribution in [2.24, 2.45) is 0 Å². The van der Waals surface area contributed by atoms with Gasteiger partial charge in [-0.25, -0.2) is 0 Å². The monoisotopic (exact) mass is 366 g/mol. The van der Waals surface area contributed by atoms with Crippen LogP contribution in [0.1, 0.15) is 36.8 Å². The van der Waals surface area contributed by atoms with Crippen LogP contribution in [0.3, 0.4) is 0 Å². The minimum absolute atomic E-state index is 0. The van der Waals surface area contributed by atoms with E-state index in [-0.39, 0.29) is 50.6 Å². The molecule has 4 nitrogen and oxygen atoms in total. The fraction of sp³-hybridized carbons (Fsp3) is 0.300. The van der Waals surface area contributed by atoms with Gasteiger partial charge in [-0.3, -0.25) is 0 Å². The molecule has 0 fully saturated rings. The van der Waals surface area contributed by atoms with Gasteiger partial charge in [0, 0.05) is 11.9 Å². The number of carboxylic acids is 2. The number of carbonyl (C=O) groups excluding carboxylic acids is 2. The van der Waals surface area contributed by atoms with Crippen molar-refractivity contribution in [2.75, 3.05) is 0 Å². The quantitative estimate of drug-likeness (QED) is 0.656. The molecule has 0 N–H and O–H groups in total. The molecule has 0 heterocycles. The van der Waals surface area contributed by atoms with Crippen LogP contribution in [0.15, 0.2) is 60.7 Å². The first-order valence-electron chi connectivity index (χ1n) is 8.05. The third-order valence-corrected chi connectivity index (χ3v) is 3.38. The van der Waals surface area contributed by atoms with E-state index in [1.54, 1.807) is 0 Å². The zero-order chi connectivity index (χ0) is 17.6. The number of hydrogen-bond donors (Lipinski definition) is 0. The molecule has 128 valence electrons. The summed E-state index contributed by atoms with van der Waals surface area (Å²) >= 11 is 0. The van der Waals surface area contributed by atoms with E-state index in [4.69, 9.17) is 0 Å². The molecule has 0 spiro atoms. The average Bonchev–Trinajstić information content (AvgIpc) is 2.57. The van der Waals surface area contributed by atoms with E-state index in [1.165, 1.54) is 11.1 Å². The number of carbonyl (C=O) groups is 2. The number of carboxylic acid groups (broad SMARTS) is 2. The van der Waals surface area contributed by atoms with E-state index in [9.17, 15) is 19.8 Å². The predicted molar refractivity (Wildman–Crippen MR) is 94.5 cm³/mol. The van der Waals surface area contributed by atoms with Crippen molar-refractivity contribution in [3.05, 3.63) is 71.8 Å². The van der Waals surface area contributed by atoms with Gasteiger partial charge in [0.25, 0.3) is 0 Å². The molecule has 5 heteroatoms. The van der Waals surface area contributed by atoms with E-state index >= 15 is 0 Å². The molecular formula is C20H22CaO4. The van der Waals surface area contributed by atoms with Crippen molar-refractivity contribution in [1.82, 2.24) is 0 Å². The Morgan fingerprint density at radius 3 is 1.24 bits per heavy atom. The molecule has 0 saturated heterocycles. The van der Waals surface area contributed by atoms with E-state index in [2.05, 4.69) is 0 Å². The Hall–Kier alpha value is -1.36.